The number of sulfonamides is 1. The van der Waals surface area contributed by atoms with E-state index >= 15 is 0 Å². The van der Waals surface area contributed by atoms with E-state index in [1.807, 2.05) is 13.8 Å². The van der Waals surface area contributed by atoms with Crippen LogP contribution in [0.15, 0.2) is 24.5 Å². The van der Waals surface area contributed by atoms with E-state index in [-0.39, 0.29) is 29.4 Å². The van der Waals surface area contributed by atoms with Gasteiger partial charge in [-0.15, -0.1) is 0 Å². The van der Waals surface area contributed by atoms with Gasteiger partial charge in [-0.1, -0.05) is 6.92 Å². The summed E-state index contributed by atoms with van der Waals surface area (Å²) in [5, 5.41) is -0.385. The highest BCUT2D eigenvalue weighted by Gasteiger charge is 2.36. The maximum absolute atomic E-state index is 14.3. The third kappa shape index (κ3) is 5.85. The molecule has 3 heterocycles. The number of nitrogens with zero attached hydrogens (tertiary/aromatic N) is 4. The molecule has 0 amide bonds. The topological polar surface area (TPSA) is 102 Å². The number of piperidine rings is 1. The number of ether oxygens (including phenoxy) is 1. The average Bonchev–Trinajstić information content (AvgIpc) is 3.27. The molecule has 204 valence electrons. The Morgan fingerprint density at radius 3 is 2.30 bits per heavy atom. The number of hydrogen-bond donors (Lipinski definition) is 1. The SMILES string of the molecule is CCC(C)S(=O)(=O)N1CCC(C(C)Oc2cnc(N3CC(N)C(c4cc(F)c(F)cc4F)C3)nc2)CC1. The fraction of sp³-hybridized carbons (Fsp3) is 0.600. The summed E-state index contributed by atoms with van der Waals surface area (Å²) >= 11 is 0. The molecule has 2 saturated heterocycles. The third-order valence-corrected chi connectivity index (χ3v) is 10.1. The van der Waals surface area contributed by atoms with Gasteiger partial charge in [-0.25, -0.2) is 35.9 Å². The highest BCUT2D eigenvalue weighted by molar-refractivity contribution is 7.89. The van der Waals surface area contributed by atoms with Crippen molar-refractivity contribution in [3.05, 3.63) is 47.5 Å². The van der Waals surface area contributed by atoms with Crippen molar-refractivity contribution in [1.82, 2.24) is 14.3 Å². The highest BCUT2D eigenvalue weighted by Crippen LogP contribution is 2.32. The lowest BCUT2D eigenvalue weighted by atomic mass is 9.93. The molecule has 4 atom stereocenters. The van der Waals surface area contributed by atoms with Crippen LogP contribution in [0, 0.1) is 23.4 Å². The van der Waals surface area contributed by atoms with Crippen LogP contribution in [0.5, 0.6) is 5.75 Å². The van der Waals surface area contributed by atoms with Crippen molar-refractivity contribution in [2.45, 2.75) is 63.3 Å². The number of nitrogens with two attached hydrogens (primary N) is 1. The molecule has 0 radical (unpaired) electrons. The molecule has 2 N–H and O–H groups in total. The van der Waals surface area contributed by atoms with Gasteiger partial charge in [0.05, 0.1) is 23.7 Å². The molecule has 1 aromatic heterocycles. The van der Waals surface area contributed by atoms with E-state index in [0.29, 0.717) is 56.7 Å². The van der Waals surface area contributed by atoms with E-state index in [1.54, 1.807) is 28.5 Å². The second-order valence-corrected chi connectivity index (χ2v) is 12.4. The molecule has 8 nitrogen and oxygen atoms in total. The largest absolute Gasteiger partial charge is 0.487 e. The van der Waals surface area contributed by atoms with Gasteiger partial charge in [0.15, 0.2) is 17.4 Å². The van der Waals surface area contributed by atoms with E-state index in [1.165, 1.54) is 0 Å². The van der Waals surface area contributed by atoms with E-state index < -0.39 is 39.4 Å². The van der Waals surface area contributed by atoms with Gasteiger partial charge in [0.2, 0.25) is 16.0 Å². The van der Waals surface area contributed by atoms with Crippen molar-refractivity contribution in [3.63, 3.8) is 0 Å². The maximum Gasteiger partial charge on any atom is 0.225 e. The number of rotatable bonds is 8. The van der Waals surface area contributed by atoms with Crippen molar-refractivity contribution in [2.24, 2.45) is 11.7 Å². The molecule has 4 rings (SSSR count). The molecule has 0 bridgehead atoms. The van der Waals surface area contributed by atoms with Crippen molar-refractivity contribution in [1.29, 1.82) is 0 Å². The van der Waals surface area contributed by atoms with Crippen molar-refractivity contribution < 1.29 is 26.3 Å². The van der Waals surface area contributed by atoms with Gasteiger partial charge in [0, 0.05) is 44.2 Å². The van der Waals surface area contributed by atoms with Crippen LogP contribution in [0.25, 0.3) is 0 Å². The van der Waals surface area contributed by atoms with Crippen molar-refractivity contribution >= 4 is 16.0 Å². The summed E-state index contributed by atoms with van der Waals surface area (Å²) in [5.74, 6) is -2.66. The summed E-state index contributed by atoms with van der Waals surface area (Å²) in [6, 6.07) is 0.898. The zero-order valence-corrected chi connectivity index (χ0v) is 22.1. The van der Waals surface area contributed by atoms with Crippen molar-refractivity contribution in [2.75, 3.05) is 31.1 Å². The van der Waals surface area contributed by atoms with E-state index in [2.05, 4.69) is 9.97 Å². The standard InChI is InChI=1S/C25H34F3N5O3S/c1-4-15(2)37(34,35)33-7-5-17(6-8-33)16(3)36-18-11-30-25(31-12-18)32-13-20(24(29)14-32)19-9-22(27)23(28)10-21(19)26/h9-12,15-17,20,24H,4-8,13-14,29H2,1-3H3. The van der Waals surface area contributed by atoms with Crippen LogP contribution in [0.4, 0.5) is 19.1 Å². The first kappa shape index (κ1) is 27.6. The Labute approximate surface area is 216 Å². The van der Waals surface area contributed by atoms with Crippen LogP contribution in [-0.4, -0.2) is 66.3 Å². The number of aromatic nitrogens is 2. The minimum atomic E-state index is -3.26. The lowest BCUT2D eigenvalue weighted by Crippen LogP contribution is -2.44. The fourth-order valence-corrected chi connectivity index (χ4v) is 6.70. The molecule has 0 spiro atoms. The molecule has 1 aromatic carbocycles. The molecule has 2 fully saturated rings. The Kier molecular flexibility index (Phi) is 8.29. The van der Waals surface area contributed by atoms with Gasteiger partial charge in [-0.05, 0) is 50.7 Å². The number of benzene rings is 1. The van der Waals surface area contributed by atoms with Gasteiger partial charge in [0.25, 0.3) is 0 Å². The minimum Gasteiger partial charge on any atom is -0.487 e. The summed E-state index contributed by atoms with van der Waals surface area (Å²) in [6.07, 6.45) is 4.97. The molecular formula is C25H34F3N5O3S. The zero-order valence-electron chi connectivity index (χ0n) is 21.3. The van der Waals surface area contributed by atoms with Crippen LogP contribution in [0.2, 0.25) is 0 Å². The Bertz CT molecular complexity index is 1190. The Morgan fingerprint density at radius 1 is 1.05 bits per heavy atom. The smallest absolute Gasteiger partial charge is 0.225 e. The normalized spacial score (nSPS) is 23.3. The Balaban J connectivity index is 1.34. The van der Waals surface area contributed by atoms with Crippen LogP contribution in [0.3, 0.4) is 0 Å². The predicted octanol–water partition coefficient (Wildman–Crippen LogP) is 3.43. The third-order valence-electron chi connectivity index (χ3n) is 7.63. The summed E-state index contributed by atoms with van der Waals surface area (Å²) in [7, 11) is -3.26. The molecule has 4 unspecified atom stereocenters. The number of halogens is 3. The van der Waals surface area contributed by atoms with E-state index in [9.17, 15) is 21.6 Å². The summed E-state index contributed by atoms with van der Waals surface area (Å²) in [4.78, 5) is 10.5. The van der Waals surface area contributed by atoms with Gasteiger partial charge < -0.3 is 15.4 Å². The average molecular weight is 542 g/mol. The maximum atomic E-state index is 14.3. The lowest BCUT2D eigenvalue weighted by molar-refractivity contribution is 0.110. The first-order valence-electron chi connectivity index (χ1n) is 12.6. The Hall–Kier alpha value is -2.44. The first-order chi connectivity index (χ1) is 17.5. The fourth-order valence-electron chi connectivity index (χ4n) is 5.05. The van der Waals surface area contributed by atoms with Gasteiger partial charge in [-0.3, -0.25) is 0 Å². The van der Waals surface area contributed by atoms with Gasteiger partial charge in [0.1, 0.15) is 5.82 Å². The highest BCUT2D eigenvalue weighted by atomic mass is 32.2. The van der Waals surface area contributed by atoms with Crippen LogP contribution in [0.1, 0.15) is 51.5 Å². The second-order valence-electron chi connectivity index (χ2n) is 10.0. The quantitative estimate of drug-likeness (QED) is 0.511. The zero-order chi connectivity index (χ0) is 26.9. The Morgan fingerprint density at radius 2 is 1.68 bits per heavy atom. The molecule has 37 heavy (non-hydrogen) atoms. The summed E-state index contributed by atoms with van der Waals surface area (Å²) in [5.41, 5.74) is 6.22. The van der Waals surface area contributed by atoms with Crippen LogP contribution >= 0.6 is 0 Å². The molecular weight excluding hydrogens is 507 g/mol. The molecule has 12 heteroatoms. The summed E-state index contributed by atoms with van der Waals surface area (Å²) in [6.45, 7) is 7.13. The molecule has 2 aromatic rings. The number of hydrogen-bond acceptors (Lipinski definition) is 7. The predicted molar refractivity (Wildman–Crippen MR) is 134 cm³/mol. The lowest BCUT2D eigenvalue weighted by Gasteiger charge is -2.35. The number of anilines is 1. The minimum absolute atomic E-state index is 0.0330. The van der Waals surface area contributed by atoms with E-state index in [4.69, 9.17) is 10.5 Å². The first-order valence-corrected chi connectivity index (χ1v) is 14.1. The molecule has 0 saturated carbocycles. The molecule has 2 aliphatic rings. The van der Waals surface area contributed by atoms with Crippen molar-refractivity contribution in [3.8, 4) is 5.75 Å². The second kappa shape index (κ2) is 11.1. The van der Waals surface area contributed by atoms with Crippen LogP contribution < -0.4 is 15.4 Å². The van der Waals surface area contributed by atoms with Gasteiger partial charge in [-0.2, -0.15) is 0 Å². The molecule has 2 aliphatic heterocycles. The van der Waals surface area contributed by atoms with Crippen LogP contribution in [-0.2, 0) is 10.0 Å². The summed E-state index contributed by atoms with van der Waals surface area (Å²) < 4.78 is 74.2. The monoisotopic (exact) mass is 541 g/mol. The van der Waals surface area contributed by atoms with E-state index in [0.717, 1.165) is 6.07 Å². The molecule has 0 aliphatic carbocycles. The van der Waals surface area contributed by atoms with Gasteiger partial charge >= 0.3 is 0 Å².